The summed E-state index contributed by atoms with van der Waals surface area (Å²) >= 11 is 11.8. The summed E-state index contributed by atoms with van der Waals surface area (Å²) in [4.78, 5) is 1.04. The Balaban J connectivity index is 2.26. The molecule has 2 aromatic rings. The molecule has 1 heterocycles. The van der Waals surface area contributed by atoms with Crippen molar-refractivity contribution in [3.05, 3.63) is 53.3 Å². The maximum Gasteiger partial charge on any atom is 0.126 e. The number of thiophene rings is 1. The number of hydrazine groups is 1. The SMILES string of the molecule is NNC(Cc1cc(Br)ccc1F)c1cc(Br)c(Br)s1. The Morgan fingerprint density at radius 1 is 1.26 bits per heavy atom. The minimum atomic E-state index is -0.224. The molecule has 0 bridgehead atoms. The van der Waals surface area contributed by atoms with Crippen LogP contribution >= 0.6 is 59.1 Å². The summed E-state index contributed by atoms with van der Waals surface area (Å²) < 4.78 is 16.6. The van der Waals surface area contributed by atoms with Gasteiger partial charge in [0.05, 0.1) is 9.83 Å². The Morgan fingerprint density at radius 2 is 2.00 bits per heavy atom. The lowest BCUT2D eigenvalue weighted by molar-refractivity contribution is 0.535. The van der Waals surface area contributed by atoms with E-state index in [0.29, 0.717) is 12.0 Å². The van der Waals surface area contributed by atoms with Gasteiger partial charge in [0, 0.05) is 13.8 Å². The second kappa shape index (κ2) is 6.78. The first-order valence-corrected chi connectivity index (χ1v) is 8.55. The van der Waals surface area contributed by atoms with Gasteiger partial charge in [-0.1, -0.05) is 15.9 Å². The molecule has 0 radical (unpaired) electrons. The zero-order valence-corrected chi connectivity index (χ0v) is 15.2. The minimum Gasteiger partial charge on any atom is -0.271 e. The summed E-state index contributed by atoms with van der Waals surface area (Å²) in [7, 11) is 0. The Labute approximate surface area is 139 Å². The molecular weight excluding hydrogens is 463 g/mol. The van der Waals surface area contributed by atoms with E-state index in [4.69, 9.17) is 5.84 Å². The zero-order chi connectivity index (χ0) is 14.0. The van der Waals surface area contributed by atoms with Crippen LogP contribution in [-0.4, -0.2) is 0 Å². The van der Waals surface area contributed by atoms with Crippen LogP contribution < -0.4 is 11.3 Å². The molecule has 3 N–H and O–H groups in total. The van der Waals surface area contributed by atoms with Crippen molar-refractivity contribution in [3.63, 3.8) is 0 Å². The number of hydrogen-bond donors (Lipinski definition) is 2. The second-order valence-electron chi connectivity index (χ2n) is 3.93. The van der Waals surface area contributed by atoms with Crippen molar-refractivity contribution in [1.29, 1.82) is 0 Å². The molecule has 0 fully saturated rings. The first-order chi connectivity index (χ1) is 9.01. The van der Waals surface area contributed by atoms with Gasteiger partial charge in [-0.15, -0.1) is 11.3 Å². The fourth-order valence-corrected chi connectivity index (χ4v) is 4.25. The summed E-state index contributed by atoms with van der Waals surface area (Å²) in [6.07, 6.45) is 0.487. The normalized spacial score (nSPS) is 12.7. The van der Waals surface area contributed by atoms with E-state index in [1.54, 1.807) is 23.5 Å². The molecule has 1 unspecified atom stereocenters. The molecule has 0 amide bonds. The van der Waals surface area contributed by atoms with Gasteiger partial charge in [-0.05, 0) is 68.1 Å². The molecule has 0 saturated heterocycles. The van der Waals surface area contributed by atoms with Gasteiger partial charge in [-0.2, -0.15) is 0 Å². The van der Waals surface area contributed by atoms with E-state index >= 15 is 0 Å². The summed E-state index contributed by atoms with van der Waals surface area (Å²) in [5.41, 5.74) is 3.36. The minimum absolute atomic E-state index is 0.128. The van der Waals surface area contributed by atoms with Crippen LogP contribution in [0.15, 0.2) is 37.0 Å². The molecule has 1 aromatic carbocycles. The zero-order valence-electron chi connectivity index (χ0n) is 9.59. The van der Waals surface area contributed by atoms with Crippen molar-refractivity contribution in [1.82, 2.24) is 5.43 Å². The summed E-state index contributed by atoms with van der Waals surface area (Å²) in [6.45, 7) is 0. The average Bonchev–Trinajstić information content (AvgIpc) is 2.70. The van der Waals surface area contributed by atoms with Gasteiger partial charge in [0.1, 0.15) is 5.82 Å². The van der Waals surface area contributed by atoms with E-state index in [-0.39, 0.29) is 11.9 Å². The highest BCUT2D eigenvalue weighted by molar-refractivity contribution is 9.13. The highest BCUT2D eigenvalue weighted by atomic mass is 79.9. The summed E-state index contributed by atoms with van der Waals surface area (Å²) in [6, 6.07) is 6.76. The molecule has 102 valence electrons. The van der Waals surface area contributed by atoms with Gasteiger partial charge < -0.3 is 0 Å². The highest BCUT2D eigenvalue weighted by Crippen LogP contribution is 2.36. The standard InChI is InChI=1S/C12H10Br3FN2S/c13-7-1-2-9(16)6(3-7)4-10(18-17)11-5-8(14)12(15)19-11/h1-3,5,10,18H,4,17H2. The molecule has 0 aliphatic heterocycles. The third-order valence-electron chi connectivity index (χ3n) is 2.64. The van der Waals surface area contributed by atoms with Crippen LogP contribution in [0.2, 0.25) is 0 Å². The number of halogens is 4. The van der Waals surface area contributed by atoms with Crippen LogP contribution in [0.5, 0.6) is 0 Å². The Bertz CT molecular complexity index is 569. The molecule has 19 heavy (non-hydrogen) atoms. The summed E-state index contributed by atoms with van der Waals surface area (Å²) in [5.74, 6) is 5.37. The van der Waals surface area contributed by atoms with Gasteiger partial charge in [-0.3, -0.25) is 11.3 Å². The maximum atomic E-state index is 13.8. The fraction of sp³-hybridized carbons (Fsp3) is 0.167. The Hall–Kier alpha value is 0.210. The molecular formula is C12H10Br3FN2S. The van der Waals surface area contributed by atoms with Gasteiger partial charge in [-0.25, -0.2) is 4.39 Å². The first-order valence-electron chi connectivity index (χ1n) is 5.36. The molecule has 1 aromatic heterocycles. The Kier molecular flexibility index (Phi) is 5.56. The predicted molar refractivity (Wildman–Crippen MR) is 87.6 cm³/mol. The van der Waals surface area contributed by atoms with Crippen molar-refractivity contribution >= 4 is 59.1 Å². The van der Waals surface area contributed by atoms with Crippen LogP contribution in [0.1, 0.15) is 16.5 Å². The largest absolute Gasteiger partial charge is 0.271 e. The van der Waals surface area contributed by atoms with Crippen LogP contribution in [0.3, 0.4) is 0 Å². The smallest absolute Gasteiger partial charge is 0.126 e. The van der Waals surface area contributed by atoms with Crippen LogP contribution in [-0.2, 0) is 6.42 Å². The van der Waals surface area contributed by atoms with Crippen molar-refractivity contribution in [2.75, 3.05) is 0 Å². The molecule has 2 nitrogen and oxygen atoms in total. The molecule has 7 heteroatoms. The highest BCUT2D eigenvalue weighted by Gasteiger charge is 2.17. The van der Waals surface area contributed by atoms with Crippen LogP contribution in [0.25, 0.3) is 0 Å². The Morgan fingerprint density at radius 3 is 2.58 bits per heavy atom. The van der Waals surface area contributed by atoms with Crippen molar-refractivity contribution in [2.24, 2.45) is 5.84 Å². The number of benzene rings is 1. The fourth-order valence-electron chi connectivity index (χ4n) is 1.70. The van der Waals surface area contributed by atoms with Gasteiger partial charge >= 0.3 is 0 Å². The van der Waals surface area contributed by atoms with Crippen molar-refractivity contribution in [2.45, 2.75) is 12.5 Å². The van der Waals surface area contributed by atoms with E-state index in [1.807, 2.05) is 6.07 Å². The lowest BCUT2D eigenvalue weighted by atomic mass is 10.0. The first kappa shape index (κ1) is 15.6. The molecule has 0 aliphatic rings. The van der Waals surface area contributed by atoms with Crippen LogP contribution in [0.4, 0.5) is 4.39 Å². The monoisotopic (exact) mass is 470 g/mol. The van der Waals surface area contributed by atoms with E-state index in [9.17, 15) is 4.39 Å². The second-order valence-corrected chi connectivity index (χ2v) is 8.10. The number of hydrogen-bond acceptors (Lipinski definition) is 3. The average molecular weight is 473 g/mol. The lowest BCUT2D eigenvalue weighted by Gasteiger charge is -2.15. The predicted octanol–water partition coefficient (Wildman–Crippen LogP) is 4.92. The third-order valence-corrected chi connectivity index (χ3v) is 6.50. The van der Waals surface area contributed by atoms with E-state index in [1.165, 1.54) is 6.07 Å². The van der Waals surface area contributed by atoms with E-state index in [0.717, 1.165) is 17.6 Å². The molecule has 0 saturated carbocycles. The number of nitrogens with two attached hydrogens (primary N) is 1. The summed E-state index contributed by atoms with van der Waals surface area (Å²) in [5, 5.41) is 0. The van der Waals surface area contributed by atoms with Gasteiger partial charge in [0.2, 0.25) is 0 Å². The lowest BCUT2D eigenvalue weighted by Crippen LogP contribution is -2.29. The molecule has 2 rings (SSSR count). The number of rotatable bonds is 4. The number of nitrogens with one attached hydrogen (secondary N) is 1. The van der Waals surface area contributed by atoms with E-state index < -0.39 is 0 Å². The molecule has 1 atom stereocenters. The quantitative estimate of drug-likeness (QED) is 0.489. The molecule has 0 aliphatic carbocycles. The van der Waals surface area contributed by atoms with Crippen molar-refractivity contribution < 1.29 is 4.39 Å². The molecule has 0 spiro atoms. The van der Waals surface area contributed by atoms with E-state index in [2.05, 4.69) is 53.2 Å². The van der Waals surface area contributed by atoms with Crippen LogP contribution in [0, 0.1) is 5.82 Å². The maximum absolute atomic E-state index is 13.8. The van der Waals surface area contributed by atoms with Gasteiger partial charge in [0.15, 0.2) is 0 Å². The third kappa shape index (κ3) is 3.86. The topological polar surface area (TPSA) is 38.0 Å². The van der Waals surface area contributed by atoms with Crippen molar-refractivity contribution in [3.8, 4) is 0 Å². The van der Waals surface area contributed by atoms with Gasteiger partial charge in [0.25, 0.3) is 0 Å².